The summed E-state index contributed by atoms with van der Waals surface area (Å²) in [4.78, 5) is 14.0. The molecule has 0 atom stereocenters. The van der Waals surface area contributed by atoms with E-state index in [0.29, 0.717) is 0 Å². The van der Waals surface area contributed by atoms with Gasteiger partial charge < -0.3 is 10.5 Å². The molecule has 1 fully saturated rings. The van der Waals surface area contributed by atoms with Crippen molar-refractivity contribution in [2.24, 2.45) is 0 Å². The van der Waals surface area contributed by atoms with Crippen molar-refractivity contribution in [3.8, 4) is 5.88 Å². The molecule has 6 heteroatoms. The van der Waals surface area contributed by atoms with Crippen LogP contribution in [0, 0.1) is 10.1 Å². The average molecular weight is 223 g/mol. The van der Waals surface area contributed by atoms with Crippen molar-refractivity contribution in [2.45, 2.75) is 31.8 Å². The van der Waals surface area contributed by atoms with Crippen molar-refractivity contribution in [2.75, 3.05) is 5.73 Å². The highest BCUT2D eigenvalue weighted by atomic mass is 16.6. The number of rotatable bonds is 3. The Morgan fingerprint density at radius 1 is 1.44 bits per heavy atom. The van der Waals surface area contributed by atoms with Crippen LogP contribution < -0.4 is 10.5 Å². The van der Waals surface area contributed by atoms with Crippen molar-refractivity contribution in [1.82, 2.24) is 4.98 Å². The zero-order valence-corrected chi connectivity index (χ0v) is 8.76. The lowest BCUT2D eigenvalue weighted by Crippen LogP contribution is -2.12. The molecule has 16 heavy (non-hydrogen) atoms. The SMILES string of the molecule is Nc1cc([N+](=O)[O-])cc(OC2CCCC2)n1. The minimum Gasteiger partial charge on any atom is -0.474 e. The number of ether oxygens (including phenoxy) is 1. The normalized spacial score (nSPS) is 16.2. The maximum absolute atomic E-state index is 10.6. The molecule has 1 heterocycles. The highest BCUT2D eigenvalue weighted by Gasteiger charge is 2.19. The minimum atomic E-state index is -0.500. The van der Waals surface area contributed by atoms with Crippen molar-refractivity contribution >= 4 is 11.5 Å². The Balaban J connectivity index is 2.16. The third-order valence-corrected chi connectivity index (χ3v) is 2.61. The molecule has 86 valence electrons. The van der Waals surface area contributed by atoms with Gasteiger partial charge in [-0.3, -0.25) is 10.1 Å². The summed E-state index contributed by atoms with van der Waals surface area (Å²) in [6.07, 6.45) is 4.34. The molecule has 0 spiro atoms. The van der Waals surface area contributed by atoms with E-state index in [0.717, 1.165) is 25.7 Å². The van der Waals surface area contributed by atoms with Crippen LogP contribution in [-0.4, -0.2) is 16.0 Å². The molecule has 0 aliphatic heterocycles. The molecule has 1 aliphatic carbocycles. The summed E-state index contributed by atoms with van der Waals surface area (Å²) in [5.41, 5.74) is 5.39. The minimum absolute atomic E-state index is 0.0829. The number of aromatic nitrogens is 1. The lowest BCUT2D eigenvalue weighted by molar-refractivity contribution is -0.384. The zero-order chi connectivity index (χ0) is 11.5. The average Bonchev–Trinajstić information content (AvgIpc) is 2.69. The predicted molar refractivity (Wildman–Crippen MR) is 58.2 cm³/mol. The number of nitrogens with two attached hydrogens (primary N) is 1. The number of hydrogen-bond donors (Lipinski definition) is 1. The first-order chi connectivity index (χ1) is 7.65. The first-order valence-electron chi connectivity index (χ1n) is 5.24. The molecule has 0 saturated heterocycles. The monoisotopic (exact) mass is 223 g/mol. The van der Waals surface area contributed by atoms with Gasteiger partial charge in [0.25, 0.3) is 5.69 Å². The van der Waals surface area contributed by atoms with E-state index in [1.54, 1.807) is 0 Å². The number of nitro groups is 1. The highest BCUT2D eigenvalue weighted by Crippen LogP contribution is 2.26. The molecule has 0 unspecified atom stereocenters. The summed E-state index contributed by atoms with van der Waals surface area (Å²) in [6, 6.07) is 2.54. The standard InChI is InChI=1S/C10H13N3O3/c11-9-5-7(13(14)15)6-10(12-9)16-8-3-1-2-4-8/h5-6,8H,1-4H2,(H2,11,12). The number of pyridine rings is 1. The van der Waals surface area contributed by atoms with Gasteiger partial charge in [-0.2, -0.15) is 4.98 Å². The predicted octanol–water partition coefficient (Wildman–Crippen LogP) is 1.89. The topological polar surface area (TPSA) is 91.3 Å². The van der Waals surface area contributed by atoms with Crippen LogP contribution >= 0.6 is 0 Å². The van der Waals surface area contributed by atoms with Crippen LogP contribution in [0.2, 0.25) is 0 Å². The van der Waals surface area contributed by atoms with Gasteiger partial charge in [0, 0.05) is 0 Å². The van der Waals surface area contributed by atoms with Crippen LogP contribution in [0.3, 0.4) is 0 Å². The summed E-state index contributed by atoms with van der Waals surface area (Å²) >= 11 is 0. The Hall–Kier alpha value is -1.85. The summed E-state index contributed by atoms with van der Waals surface area (Å²) in [6.45, 7) is 0. The molecule has 2 rings (SSSR count). The van der Waals surface area contributed by atoms with Gasteiger partial charge in [-0.25, -0.2) is 0 Å². The van der Waals surface area contributed by atoms with Gasteiger partial charge in [-0.05, 0) is 25.7 Å². The molecule has 0 radical (unpaired) electrons. The summed E-state index contributed by atoms with van der Waals surface area (Å²) < 4.78 is 5.55. The van der Waals surface area contributed by atoms with Gasteiger partial charge in [0.2, 0.25) is 5.88 Å². The van der Waals surface area contributed by atoms with Gasteiger partial charge in [-0.1, -0.05) is 0 Å². The fourth-order valence-electron chi connectivity index (χ4n) is 1.85. The van der Waals surface area contributed by atoms with E-state index in [4.69, 9.17) is 10.5 Å². The molecule has 2 N–H and O–H groups in total. The van der Waals surface area contributed by atoms with Crippen molar-refractivity contribution in [3.63, 3.8) is 0 Å². The van der Waals surface area contributed by atoms with Crippen LogP contribution in [0.5, 0.6) is 5.88 Å². The van der Waals surface area contributed by atoms with E-state index >= 15 is 0 Å². The van der Waals surface area contributed by atoms with Gasteiger partial charge in [-0.15, -0.1) is 0 Å². The molecule has 0 aromatic carbocycles. The molecular weight excluding hydrogens is 210 g/mol. The molecule has 6 nitrogen and oxygen atoms in total. The second-order valence-corrected chi connectivity index (χ2v) is 3.87. The fraction of sp³-hybridized carbons (Fsp3) is 0.500. The first-order valence-corrected chi connectivity index (χ1v) is 5.24. The van der Waals surface area contributed by atoms with E-state index in [-0.39, 0.29) is 23.5 Å². The third-order valence-electron chi connectivity index (χ3n) is 2.61. The molecular formula is C10H13N3O3. The van der Waals surface area contributed by atoms with Gasteiger partial charge in [0.15, 0.2) is 0 Å². The van der Waals surface area contributed by atoms with E-state index < -0.39 is 4.92 Å². The Labute approximate surface area is 92.6 Å². The second kappa shape index (κ2) is 4.34. The van der Waals surface area contributed by atoms with Gasteiger partial charge in [0.1, 0.15) is 11.9 Å². The van der Waals surface area contributed by atoms with E-state index in [9.17, 15) is 10.1 Å². The summed E-state index contributed by atoms with van der Waals surface area (Å²) in [5, 5.41) is 10.6. The highest BCUT2D eigenvalue weighted by molar-refractivity contribution is 5.45. The molecule has 0 amide bonds. The van der Waals surface area contributed by atoms with Gasteiger partial charge >= 0.3 is 0 Å². The van der Waals surface area contributed by atoms with Crippen LogP contribution in [-0.2, 0) is 0 Å². The van der Waals surface area contributed by atoms with Crippen molar-refractivity contribution in [1.29, 1.82) is 0 Å². The number of nitrogens with zero attached hydrogens (tertiary/aromatic N) is 2. The maximum Gasteiger partial charge on any atom is 0.278 e. The maximum atomic E-state index is 10.6. The molecule has 1 aromatic rings. The first kappa shape index (κ1) is 10.7. The van der Waals surface area contributed by atoms with Crippen LogP contribution in [0.15, 0.2) is 12.1 Å². The Morgan fingerprint density at radius 2 is 2.12 bits per heavy atom. The lowest BCUT2D eigenvalue weighted by atomic mass is 10.3. The number of anilines is 1. The van der Waals surface area contributed by atoms with E-state index in [1.807, 2.05) is 0 Å². The largest absolute Gasteiger partial charge is 0.474 e. The Morgan fingerprint density at radius 3 is 2.75 bits per heavy atom. The summed E-state index contributed by atoms with van der Waals surface area (Å²) in [5.74, 6) is 0.362. The second-order valence-electron chi connectivity index (χ2n) is 3.87. The summed E-state index contributed by atoms with van der Waals surface area (Å²) in [7, 11) is 0. The molecule has 0 bridgehead atoms. The lowest BCUT2D eigenvalue weighted by Gasteiger charge is -2.11. The molecule has 1 aromatic heterocycles. The van der Waals surface area contributed by atoms with E-state index in [2.05, 4.69) is 4.98 Å². The van der Waals surface area contributed by atoms with Crippen LogP contribution in [0.1, 0.15) is 25.7 Å². The van der Waals surface area contributed by atoms with E-state index in [1.165, 1.54) is 12.1 Å². The van der Waals surface area contributed by atoms with Crippen molar-refractivity contribution in [3.05, 3.63) is 22.2 Å². The number of hydrogen-bond acceptors (Lipinski definition) is 5. The van der Waals surface area contributed by atoms with Crippen molar-refractivity contribution < 1.29 is 9.66 Å². The fourth-order valence-corrected chi connectivity index (χ4v) is 1.85. The molecule has 1 saturated carbocycles. The zero-order valence-electron chi connectivity index (χ0n) is 8.76. The quantitative estimate of drug-likeness (QED) is 0.624. The Kier molecular flexibility index (Phi) is 2.89. The Bertz CT molecular complexity index is 402. The molecule has 1 aliphatic rings. The third kappa shape index (κ3) is 2.39. The van der Waals surface area contributed by atoms with Gasteiger partial charge in [0.05, 0.1) is 17.1 Å². The number of nitrogen functional groups attached to an aromatic ring is 1. The van der Waals surface area contributed by atoms with Crippen LogP contribution in [0.4, 0.5) is 11.5 Å². The smallest absolute Gasteiger partial charge is 0.278 e. The van der Waals surface area contributed by atoms with Crippen LogP contribution in [0.25, 0.3) is 0 Å².